The van der Waals surface area contributed by atoms with Crippen LogP contribution in [0.1, 0.15) is 0 Å². The van der Waals surface area contributed by atoms with E-state index in [2.05, 4.69) is 15.1 Å². The van der Waals surface area contributed by atoms with Gasteiger partial charge < -0.3 is 5.73 Å². The molecule has 0 fully saturated rings. The third-order valence-electron chi connectivity index (χ3n) is 2.89. The molecule has 108 valence electrons. The number of nitrogens with zero attached hydrogens (tertiary/aromatic N) is 3. The molecular formula is C11H10N6O3S. The lowest BCUT2D eigenvalue weighted by molar-refractivity contribution is 0.598. The van der Waals surface area contributed by atoms with E-state index < -0.39 is 15.7 Å². The van der Waals surface area contributed by atoms with E-state index in [-0.39, 0.29) is 16.4 Å². The van der Waals surface area contributed by atoms with Gasteiger partial charge in [-0.3, -0.25) is 4.98 Å². The van der Waals surface area contributed by atoms with Gasteiger partial charge in [-0.1, -0.05) is 0 Å². The van der Waals surface area contributed by atoms with Crippen LogP contribution in [0, 0.1) is 0 Å². The van der Waals surface area contributed by atoms with Gasteiger partial charge in [0.2, 0.25) is 10.0 Å². The molecule has 5 N–H and O–H groups in total. The Kier molecular flexibility index (Phi) is 2.78. The summed E-state index contributed by atoms with van der Waals surface area (Å²) in [6.07, 6.45) is 1.46. The zero-order chi connectivity index (χ0) is 15.2. The number of fused-ring (bicyclic) bond motifs is 1. The van der Waals surface area contributed by atoms with Gasteiger partial charge in [-0.15, -0.1) is 0 Å². The highest BCUT2D eigenvalue weighted by Crippen LogP contribution is 2.19. The summed E-state index contributed by atoms with van der Waals surface area (Å²) >= 11 is 0. The number of rotatable bonds is 2. The van der Waals surface area contributed by atoms with Gasteiger partial charge in [0.15, 0.2) is 5.65 Å². The Labute approximate surface area is 118 Å². The summed E-state index contributed by atoms with van der Waals surface area (Å²) < 4.78 is 23.8. The van der Waals surface area contributed by atoms with Crippen molar-refractivity contribution in [3.05, 3.63) is 40.9 Å². The highest BCUT2D eigenvalue weighted by molar-refractivity contribution is 7.89. The zero-order valence-electron chi connectivity index (χ0n) is 10.5. The second kappa shape index (κ2) is 4.40. The molecule has 1 aromatic carbocycles. The van der Waals surface area contributed by atoms with Gasteiger partial charge >= 0.3 is 5.69 Å². The van der Waals surface area contributed by atoms with E-state index >= 15 is 0 Å². The first-order chi connectivity index (χ1) is 9.86. The van der Waals surface area contributed by atoms with Gasteiger partial charge in [0.25, 0.3) is 0 Å². The molecular weight excluding hydrogens is 296 g/mol. The predicted molar refractivity (Wildman–Crippen MR) is 75.3 cm³/mol. The molecule has 0 aliphatic carbocycles. The van der Waals surface area contributed by atoms with Crippen molar-refractivity contribution >= 4 is 26.9 Å². The zero-order valence-corrected chi connectivity index (χ0v) is 11.3. The van der Waals surface area contributed by atoms with Gasteiger partial charge in [0, 0.05) is 0 Å². The Bertz CT molecular complexity index is 987. The number of anilines is 1. The standard InChI is InChI=1S/C11H10N6O3S/c12-9-8-5-14-17(10(8)16-11(18)15-9)6-1-3-7(4-2-6)21(13,19)20/h1-5H,(H2,13,19,20)(H3,12,15,16,18). The van der Waals surface area contributed by atoms with Crippen molar-refractivity contribution in [3.8, 4) is 5.69 Å². The molecule has 0 aliphatic rings. The number of benzene rings is 1. The van der Waals surface area contributed by atoms with Crippen LogP contribution in [0.25, 0.3) is 16.7 Å². The van der Waals surface area contributed by atoms with E-state index in [4.69, 9.17) is 10.9 Å². The molecule has 0 spiro atoms. The van der Waals surface area contributed by atoms with E-state index in [0.29, 0.717) is 11.1 Å². The summed E-state index contributed by atoms with van der Waals surface area (Å²) in [7, 11) is -3.76. The number of primary sulfonamides is 1. The Balaban J connectivity index is 2.19. The van der Waals surface area contributed by atoms with Crippen LogP contribution in [0.2, 0.25) is 0 Å². The molecule has 9 nitrogen and oxygen atoms in total. The topological polar surface area (TPSA) is 150 Å². The molecule has 3 aromatic rings. The molecule has 0 atom stereocenters. The molecule has 0 saturated carbocycles. The molecule has 21 heavy (non-hydrogen) atoms. The van der Waals surface area contributed by atoms with Crippen LogP contribution >= 0.6 is 0 Å². The molecule has 2 aromatic heterocycles. The highest BCUT2D eigenvalue weighted by atomic mass is 32.2. The van der Waals surface area contributed by atoms with Gasteiger partial charge in [0.05, 0.1) is 22.2 Å². The molecule has 3 rings (SSSR count). The Morgan fingerprint density at radius 3 is 2.48 bits per heavy atom. The van der Waals surface area contributed by atoms with Crippen LogP contribution in [0.3, 0.4) is 0 Å². The maximum absolute atomic E-state index is 11.4. The van der Waals surface area contributed by atoms with Gasteiger partial charge in [-0.05, 0) is 24.3 Å². The number of nitrogens with one attached hydrogen (secondary N) is 1. The Morgan fingerprint density at radius 2 is 1.86 bits per heavy atom. The fourth-order valence-corrected chi connectivity index (χ4v) is 2.43. The lowest BCUT2D eigenvalue weighted by Crippen LogP contribution is -2.14. The number of H-pyrrole nitrogens is 1. The highest BCUT2D eigenvalue weighted by Gasteiger charge is 2.12. The third-order valence-corrected chi connectivity index (χ3v) is 3.82. The van der Waals surface area contributed by atoms with Crippen molar-refractivity contribution < 1.29 is 8.42 Å². The summed E-state index contributed by atoms with van der Waals surface area (Å²) in [5, 5.41) is 9.62. The minimum atomic E-state index is -3.76. The Hall–Kier alpha value is -2.72. The predicted octanol–water partition coefficient (Wildman–Crippen LogP) is -0.662. The molecule has 0 bridgehead atoms. The summed E-state index contributed by atoms with van der Waals surface area (Å²) in [6, 6.07) is 5.69. The van der Waals surface area contributed by atoms with Crippen molar-refractivity contribution in [1.29, 1.82) is 0 Å². The maximum Gasteiger partial charge on any atom is 0.348 e. The van der Waals surface area contributed by atoms with Gasteiger partial charge in [-0.25, -0.2) is 23.0 Å². The number of nitrogen functional groups attached to an aromatic ring is 1. The average Bonchev–Trinajstić information content (AvgIpc) is 2.82. The summed E-state index contributed by atoms with van der Waals surface area (Å²) in [4.78, 5) is 17.5. The van der Waals surface area contributed by atoms with Crippen LogP contribution in [0.15, 0.2) is 40.2 Å². The lowest BCUT2D eigenvalue weighted by Gasteiger charge is -2.04. The van der Waals surface area contributed by atoms with Crippen LogP contribution in [-0.4, -0.2) is 28.2 Å². The van der Waals surface area contributed by atoms with E-state index in [1.54, 1.807) is 0 Å². The first-order valence-electron chi connectivity index (χ1n) is 5.73. The first kappa shape index (κ1) is 13.3. The second-order valence-electron chi connectivity index (χ2n) is 4.29. The summed E-state index contributed by atoms with van der Waals surface area (Å²) in [5.74, 6) is 0.164. The number of aromatic nitrogens is 4. The van der Waals surface area contributed by atoms with E-state index in [9.17, 15) is 13.2 Å². The fourth-order valence-electron chi connectivity index (χ4n) is 1.91. The minimum absolute atomic E-state index is 0.0203. The molecule has 0 saturated heterocycles. The smallest absolute Gasteiger partial charge is 0.348 e. The van der Waals surface area contributed by atoms with Crippen LogP contribution in [0.5, 0.6) is 0 Å². The molecule has 0 aliphatic heterocycles. The maximum atomic E-state index is 11.4. The number of sulfonamides is 1. The van der Waals surface area contributed by atoms with Crippen molar-refractivity contribution in [2.24, 2.45) is 5.14 Å². The summed E-state index contributed by atoms with van der Waals surface area (Å²) in [5.41, 5.74) is 5.89. The monoisotopic (exact) mass is 306 g/mol. The third kappa shape index (κ3) is 2.26. The van der Waals surface area contributed by atoms with Crippen molar-refractivity contribution in [2.75, 3.05) is 5.73 Å². The van der Waals surface area contributed by atoms with Crippen molar-refractivity contribution in [1.82, 2.24) is 19.7 Å². The number of hydrogen-bond donors (Lipinski definition) is 3. The van der Waals surface area contributed by atoms with E-state index in [1.807, 2.05) is 0 Å². The normalized spacial score (nSPS) is 11.9. The van der Waals surface area contributed by atoms with E-state index in [0.717, 1.165) is 0 Å². The van der Waals surface area contributed by atoms with Crippen LogP contribution in [0.4, 0.5) is 5.82 Å². The molecule has 10 heteroatoms. The molecule has 2 heterocycles. The number of nitrogens with two attached hydrogens (primary N) is 2. The quantitative estimate of drug-likeness (QED) is 0.572. The van der Waals surface area contributed by atoms with Gasteiger partial charge in [-0.2, -0.15) is 10.1 Å². The van der Waals surface area contributed by atoms with Crippen LogP contribution < -0.4 is 16.6 Å². The molecule has 0 unspecified atom stereocenters. The average molecular weight is 306 g/mol. The number of aromatic amines is 1. The van der Waals surface area contributed by atoms with Crippen molar-refractivity contribution in [3.63, 3.8) is 0 Å². The summed E-state index contributed by atoms with van der Waals surface area (Å²) in [6.45, 7) is 0. The van der Waals surface area contributed by atoms with Crippen molar-refractivity contribution in [2.45, 2.75) is 4.90 Å². The minimum Gasteiger partial charge on any atom is -0.384 e. The molecule has 0 amide bonds. The second-order valence-corrected chi connectivity index (χ2v) is 5.85. The van der Waals surface area contributed by atoms with E-state index in [1.165, 1.54) is 35.1 Å². The van der Waals surface area contributed by atoms with Crippen LogP contribution in [-0.2, 0) is 10.0 Å². The first-order valence-corrected chi connectivity index (χ1v) is 7.27. The molecule has 0 radical (unpaired) electrons. The largest absolute Gasteiger partial charge is 0.384 e. The van der Waals surface area contributed by atoms with Gasteiger partial charge in [0.1, 0.15) is 5.82 Å². The Morgan fingerprint density at radius 1 is 1.19 bits per heavy atom. The lowest BCUT2D eigenvalue weighted by atomic mass is 10.3. The fraction of sp³-hybridized carbons (Fsp3) is 0. The SMILES string of the molecule is Nc1[nH]c(=O)nc2c1cnn2-c1ccc(S(N)(=O)=O)cc1. The number of hydrogen-bond acceptors (Lipinski definition) is 6.